The Balaban J connectivity index is 3.96. The number of nitrogens with zero attached hydrogens (tertiary/aromatic N) is 1. The number of Topliss-reactive ketones (excluding diaryl/α,β-unsaturated/α-hetero) is 1. The van der Waals surface area contributed by atoms with Gasteiger partial charge < -0.3 is 10.0 Å². The number of amides is 1. The van der Waals surface area contributed by atoms with Crippen molar-refractivity contribution in [2.24, 2.45) is 0 Å². The largest absolute Gasteiger partial charge is 0.390 e. The molecule has 0 aliphatic carbocycles. The van der Waals surface area contributed by atoms with E-state index >= 15 is 0 Å². The average Bonchev–Trinajstić information content (AvgIpc) is 1.81. The average molecular weight is 187 g/mol. The topological polar surface area (TPSA) is 57.6 Å². The summed E-state index contributed by atoms with van der Waals surface area (Å²) >= 11 is 0. The molecule has 0 unspecified atom stereocenters. The van der Waals surface area contributed by atoms with Crippen LogP contribution >= 0.6 is 0 Å². The van der Waals surface area contributed by atoms with Crippen LogP contribution in [0.25, 0.3) is 0 Å². The number of aliphatic hydroxyl groups is 1. The van der Waals surface area contributed by atoms with Crippen molar-refractivity contribution in [2.45, 2.75) is 32.8 Å². The molecular weight excluding hydrogens is 170 g/mol. The van der Waals surface area contributed by atoms with E-state index in [2.05, 4.69) is 0 Å². The fraction of sp³-hybridized carbons (Fsp3) is 0.778. The van der Waals surface area contributed by atoms with E-state index in [9.17, 15) is 14.7 Å². The van der Waals surface area contributed by atoms with Gasteiger partial charge in [0.05, 0.1) is 12.1 Å². The van der Waals surface area contributed by atoms with E-state index in [0.717, 1.165) is 0 Å². The number of carbonyl (C=O) groups is 2. The first-order chi connectivity index (χ1) is 5.72. The lowest BCUT2D eigenvalue weighted by atomic mass is 10.0. The minimum absolute atomic E-state index is 0.0688. The molecule has 0 aromatic rings. The second-order valence-electron chi connectivity index (χ2n) is 3.90. The van der Waals surface area contributed by atoms with Gasteiger partial charge in [-0.2, -0.15) is 0 Å². The lowest BCUT2D eigenvalue weighted by Crippen LogP contribution is -2.33. The highest BCUT2D eigenvalue weighted by atomic mass is 16.3. The molecule has 76 valence electrons. The van der Waals surface area contributed by atoms with Gasteiger partial charge in [-0.15, -0.1) is 0 Å². The minimum Gasteiger partial charge on any atom is -0.390 e. The zero-order valence-corrected chi connectivity index (χ0v) is 8.63. The van der Waals surface area contributed by atoms with Crippen molar-refractivity contribution in [3.63, 3.8) is 0 Å². The molecule has 13 heavy (non-hydrogen) atoms. The molecule has 0 radical (unpaired) electrons. The van der Waals surface area contributed by atoms with Crippen LogP contribution in [0.3, 0.4) is 0 Å². The Morgan fingerprint density at radius 1 is 1.38 bits per heavy atom. The molecule has 0 saturated heterocycles. The molecule has 0 saturated carbocycles. The number of likely N-dealkylation sites (N-methyl/N-ethyl adjacent to an activating group) is 1. The van der Waals surface area contributed by atoms with Crippen molar-refractivity contribution in [1.29, 1.82) is 0 Å². The van der Waals surface area contributed by atoms with Crippen LogP contribution in [-0.2, 0) is 9.59 Å². The quantitative estimate of drug-likeness (QED) is 0.683. The van der Waals surface area contributed by atoms with Crippen LogP contribution in [0, 0.1) is 0 Å². The molecule has 0 heterocycles. The molecule has 1 amide bonds. The molecule has 0 aromatic carbocycles. The van der Waals surface area contributed by atoms with Gasteiger partial charge in [0.1, 0.15) is 0 Å². The fourth-order valence-corrected chi connectivity index (χ4v) is 0.914. The van der Waals surface area contributed by atoms with E-state index in [1.54, 1.807) is 20.9 Å². The van der Waals surface area contributed by atoms with E-state index in [-0.39, 0.29) is 24.7 Å². The fourth-order valence-electron chi connectivity index (χ4n) is 0.914. The van der Waals surface area contributed by atoms with Gasteiger partial charge in [0.2, 0.25) is 5.91 Å². The second-order valence-corrected chi connectivity index (χ2v) is 3.90. The normalized spacial score (nSPS) is 11.2. The van der Waals surface area contributed by atoms with Gasteiger partial charge in [0, 0.05) is 20.4 Å². The predicted molar refractivity (Wildman–Crippen MR) is 49.2 cm³/mol. The minimum atomic E-state index is -0.991. The monoisotopic (exact) mass is 187 g/mol. The summed E-state index contributed by atoms with van der Waals surface area (Å²) in [4.78, 5) is 23.3. The Kier molecular flexibility index (Phi) is 4.07. The Bertz CT molecular complexity index is 205. The van der Waals surface area contributed by atoms with Crippen LogP contribution in [0.2, 0.25) is 0 Å². The van der Waals surface area contributed by atoms with Crippen LogP contribution < -0.4 is 0 Å². The van der Waals surface area contributed by atoms with Crippen LogP contribution in [-0.4, -0.2) is 40.9 Å². The van der Waals surface area contributed by atoms with Crippen molar-refractivity contribution in [3.05, 3.63) is 0 Å². The number of hydrogen-bond donors (Lipinski definition) is 1. The Morgan fingerprint density at radius 2 is 1.85 bits per heavy atom. The highest BCUT2D eigenvalue weighted by Gasteiger charge is 2.19. The van der Waals surface area contributed by atoms with Gasteiger partial charge in [0.25, 0.3) is 0 Å². The molecule has 0 rings (SSSR count). The number of ketones is 1. The SMILES string of the molecule is CC(=O)N(C)CC(=O)CC(C)(C)O. The van der Waals surface area contributed by atoms with E-state index in [1.165, 1.54) is 11.8 Å². The summed E-state index contributed by atoms with van der Waals surface area (Å²) in [5.41, 5.74) is -0.991. The lowest BCUT2D eigenvalue weighted by molar-refractivity contribution is -0.133. The molecule has 0 fully saturated rings. The zero-order valence-electron chi connectivity index (χ0n) is 8.63. The predicted octanol–water partition coefficient (Wildman–Crippen LogP) is 0.195. The van der Waals surface area contributed by atoms with Crippen LogP contribution in [0.4, 0.5) is 0 Å². The van der Waals surface area contributed by atoms with Crippen molar-refractivity contribution < 1.29 is 14.7 Å². The van der Waals surface area contributed by atoms with Crippen molar-refractivity contribution in [2.75, 3.05) is 13.6 Å². The maximum absolute atomic E-state index is 11.2. The first-order valence-corrected chi connectivity index (χ1v) is 4.18. The van der Waals surface area contributed by atoms with Gasteiger partial charge in [-0.3, -0.25) is 9.59 Å². The van der Waals surface area contributed by atoms with Gasteiger partial charge in [-0.1, -0.05) is 0 Å². The highest BCUT2D eigenvalue weighted by molar-refractivity contribution is 5.85. The summed E-state index contributed by atoms with van der Waals surface area (Å²) in [5.74, 6) is -0.283. The molecule has 0 atom stereocenters. The zero-order chi connectivity index (χ0) is 10.6. The summed E-state index contributed by atoms with van der Waals surface area (Å²) < 4.78 is 0. The second kappa shape index (κ2) is 4.37. The summed E-state index contributed by atoms with van der Waals surface area (Å²) in [5, 5.41) is 9.32. The van der Waals surface area contributed by atoms with E-state index in [1.807, 2.05) is 0 Å². The first-order valence-electron chi connectivity index (χ1n) is 4.18. The number of hydrogen-bond acceptors (Lipinski definition) is 3. The highest BCUT2D eigenvalue weighted by Crippen LogP contribution is 2.07. The van der Waals surface area contributed by atoms with Crippen molar-refractivity contribution in [1.82, 2.24) is 4.90 Å². The van der Waals surface area contributed by atoms with Gasteiger partial charge >= 0.3 is 0 Å². The molecule has 0 spiro atoms. The van der Waals surface area contributed by atoms with Gasteiger partial charge in [-0.05, 0) is 13.8 Å². The molecular formula is C9H17NO3. The molecule has 4 heteroatoms. The third-order valence-corrected chi connectivity index (χ3v) is 1.58. The molecule has 0 aromatic heterocycles. The molecule has 1 N–H and O–H groups in total. The molecule has 0 aliphatic heterocycles. The van der Waals surface area contributed by atoms with Crippen LogP contribution in [0.1, 0.15) is 27.2 Å². The van der Waals surface area contributed by atoms with E-state index in [4.69, 9.17) is 0 Å². The number of rotatable bonds is 4. The van der Waals surface area contributed by atoms with Crippen molar-refractivity contribution >= 4 is 11.7 Å². The summed E-state index contributed by atoms with van der Waals surface area (Å²) in [6.45, 7) is 4.61. The first kappa shape index (κ1) is 12.1. The Hall–Kier alpha value is -0.900. The van der Waals surface area contributed by atoms with Gasteiger partial charge in [-0.25, -0.2) is 0 Å². The maximum atomic E-state index is 11.2. The summed E-state index contributed by atoms with van der Waals surface area (Å²) in [6, 6.07) is 0. The smallest absolute Gasteiger partial charge is 0.219 e. The Morgan fingerprint density at radius 3 is 2.15 bits per heavy atom. The molecule has 4 nitrogen and oxygen atoms in total. The summed E-state index contributed by atoms with van der Waals surface area (Å²) in [6.07, 6.45) is 0.0740. The number of carbonyl (C=O) groups excluding carboxylic acids is 2. The van der Waals surface area contributed by atoms with Crippen molar-refractivity contribution in [3.8, 4) is 0 Å². The lowest BCUT2D eigenvalue weighted by Gasteiger charge is -2.18. The van der Waals surface area contributed by atoms with Crippen LogP contribution in [0.5, 0.6) is 0 Å². The molecule has 0 aliphatic rings. The van der Waals surface area contributed by atoms with Gasteiger partial charge in [0.15, 0.2) is 5.78 Å². The summed E-state index contributed by atoms with van der Waals surface area (Å²) in [7, 11) is 1.56. The van der Waals surface area contributed by atoms with Crippen LogP contribution in [0.15, 0.2) is 0 Å². The third-order valence-electron chi connectivity index (χ3n) is 1.58. The molecule has 0 bridgehead atoms. The van der Waals surface area contributed by atoms with E-state index in [0.29, 0.717) is 0 Å². The Labute approximate surface area is 78.5 Å². The van der Waals surface area contributed by atoms with E-state index < -0.39 is 5.60 Å². The third kappa shape index (κ3) is 6.28. The maximum Gasteiger partial charge on any atom is 0.219 e. The standard InChI is InChI=1S/C9H17NO3/c1-7(11)10(4)6-8(12)5-9(2,3)13/h13H,5-6H2,1-4H3.